The zero-order chi connectivity index (χ0) is 24.5. The van der Waals surface area contributed by atoms with Crippen LogP contribution in [0, 0.1) is 0 Å². The van der Waals surface area contributed by atoms with Crippen molar-refractivity contribution in [3.05, 3.63) is 116 Å². The maximum Gasteiger partial charge on any atom is 0.230 e. The van der Waals surface area contributed by atoms with Gasteiger partial charge in [0.25, 0.3) is 0 Å². The van der Waals surface area contributed by atoms with Gasteiger partial charge in [-0.15, -0.1) is 0 Å². The van der Waals surface area contributed by atoms with Gasteiger partial charge in [-0.25, -0.2) is 0 Å². The van der Waals surface area contributed by atoms with E-state index in [4.69, 9.17) is 55.9 Å². The second-order valence-corrected chi connectivity index (χ2v) is 8.78. The van der Waals surface area contributed by atoms with Gasteiger partial charge in [0.05, 0.1) is 0 Å². The van der Waals surface area contributed by atoms with E-state index in [1.807, 2.05) is 0 Å². The van der Waals surface area contributed by atoms with Crippen molar-refractivity contribution in [2.45, 2.75) is 6.42 Å². The molecule has 4 aromatic rings. The first-order valence-electron chi connectivity index (χ1n) is 10.0. The minimum Gasteiger partial charge on any atom is -0.508 e. The van der Waals surface area contributed by atoms with E-state index in [1.54, 1.807) is 72.8 Å². The summed E-state index contributed by atoms with van der Waals surface area (Å²) in [6.07, 6.45) is 0.374. The number of benzene rings is 4. The Kier molecular flexibility index (Phi) is 9.61. The molecule has 8 heteroatoms. The monoisotopic (exact) mass is 536 g/mol. The Bertz CT molecular complexity index is 1120. The summed E-state index contributed by atoms with van der Waals surface area (Å²) in [5.41, 5.74) is 1.30. The van der Waals surface area contributed by atoms with Gasteiger partial charge >= 0.3 is 0 Å². The highest BCUT2D eigenvalue weighted by atomic mass is 35.5. The summed E-state index contributed by atoms with van der Waals surface area (Å²) in [5, 5.41) is 21.8. The van der Waals surface area contributed by atoms with Crippen molar-refractivity contribution in [2.24, 2.45) is 0 Å². The molecule has 0 heterocycles. The summed E-state index contributed by atoms with van der Waals surface area (Å²) < 4.78 is 10.8. The molecule has 0 fully saturated rings. The normalized spacial score (nSPS) is 10.2. The minimum absolute atomic E-state index is 0.142. The zero-order valence-electron chi connectivity index (χ0n) is 17.7. The SMILES string of the molecule is Clc1ccc(OCOc2ccc(Cl)cc2)cc1.Oc1ccc(Cl)cc1Cc1cc(Cl)ccc1O. The van der Waals surface area contributed by atoms with Crippen molar-refractivity contribution >= 4 is 46.4 Å². The van der Waals surface area contributed by atoms with Crippen LogP contribution in [-0.2, 0) is 6.42 Å². The summed E-state index contributed by atoms with van der Waals surface area (Å²) in [7, 11) is 0. The van der Waals surface area contributed by atoms with Crippen LogP contribution >= 0.6 is 46.4 Å². The number of ether oxygens (including phenoxy) is 2. The highest BCUT2D eigenvalue weighted by Gasteiger charge is 2.08. The molecule has 34 heavy (non-hydrogen) atoms. The van der Waals surface area contributed by atoms with Gasteiger partial charge in [0, 0.05) is 26.5 Å². The highest BCUT2D eigenvalue weighted by Crippen LogP contribution is 2.29. The Morgan fingerprint density at radius 3 is 1.24 bits per heavy atom. The quantitative estimate of drug-likeness (QED) is 0.242. The molecule has 4 rings (SSSR count). The van der Waals surface area contributed by atoms with Gasteiger partial charge < -0.3 is 19.7 Å². The Morgan fingerprint density at radius 1 is 0.500 bits per heavy atom. The molecular formula is C26H20Cl4O4. The molecular weight excluding hydrogens is 518 g/mol. The van der Waals surface area contributed by atoms with Crippen LogP contribution in [0.15, 0.2) is 84.9 Å². The van der Waals surface area contributed by atoms with Crippen molar-refractivity contribution in [3.63, 3.8) is 0 Å². The molecule has 2 N–H and O–H groups in total. The van der Waals surface area contributed by atoms with Crippen LogP contribution in [0.3, 0.4) is 0 Å². The van der Waals surface area contributed by atoms with Gasteiger partial charge in [0.2, 0.25) is 6.79 Å². The fourth-order valence-corrected chi connectivity index (χ4v) is 3.47. The lowest BCUT2D eigenvalue weighted by Gasteiger charge is -2.08. The predicted octanol–water partition coefficient (Wildman–Crippen LogP) is 8.40. The molecule has 4 nitrogen and oxygen atoms in total. The average molecular weight is 538 g/mol. The van der Waals surface area contributed by atoms with Crippen molar-refractivity contribution in [1.29, 1.82) is 0 Å². The predicted molar refractivity (Wildman–Crippen MR) is 138 cm³/mol. The van der Waals surface area contributed by atoms with Crippen LogP contribution in [0.4, 0.5) is 0 Å². The van der Waals surface area contributed by atoms with Gasteiger partial charge in [-0.05, 0) is 96.1 Å². The number of aromatic hydroxyl groups is 2. The first kappa shape index (κ1) is 25.9. The van der Waals surface area contributed by atoms with Crippen LogP contribution in [0.5, 0.6) is 23.0 Å². The van der Waals surface area contributed by atoms with Crippen LogP contribution in [0.2, 0.25) is 20.1 Å². The number of rotatable bonds is 6. The lowest BCUT2D eigenvalue weighted by Crippen LogP contribution is -2.05. The topological polar surface area (TPSA) is 58.9 Å². The molecule has 0 amide bonds. The summed E-state index contributed by atoms with van der Waals surface area (Å²) in [6, 6.07) is 23.8. The second kappa shape index (κ2) is 12.6. The molecule has 0 saturated carbocycles. The molecule has 0 aliphatic carbocycles. The van der Waals surface area contributed by atoms with E-state index in [9.17, 15) is 10.2 Å². The first-order valence-corrected chi connectivity index (χ1v) is 11.5. The molecule has 0 aliphatic rings. The Morgan fingerprint density at radius 2 is 0.853 bits per heavy atom. The molecule has 0 radical (unpaired) electrons. The largest absolute Gasteiger partial charge is 0.508 e. The summed E-state index contributed by atoms with van der Waals surface area (Å²) in [6.45, 7) is 0.142. The van der Waals surface area contributed by atoms with E-state index in [1.165, 1.54) is 12.1 Å². The fourth-order valence-electron chi connectivity index (χ4n) is 2.82. The van der Waals surface area contributed by atoms with Gasteiger partial charge in [-0.3, -0.25) is 0 Å². The van der Waals surface area contributed by atoms with Gasteiger partial charge in [0.15, 0.2) is 0 Å². The lowest BCUT2D eigenvalue weighted by molar-refractivity contribution is 0.120. The number of phenols is 2. The number of halogens is 4. The summed E-state index contributed by atoms with van der Waals surface area (Å²) in [4.78, 5) is 0. The number of hydrogen-bond acceptors (Lipinski definition) is 4. The zero-order valence-corrected chi connectivity index (χ0v) is 20.7. The maximum atomic E-state index is 9.68. The third-order valence-electron chi connectivity index (χ3n) is 4.54. The fraction of sp³-hybridized carbons (Fsp3) is 0.0769. The standard InChI is InChI=1S/2C13H10Cl2O2/c14-10-1-5-12(6-2-10)16-9-17-13-7-3-11(15)4-8-13;14-10-1-3-12(16)8(6-10)5-9-7-11(15)2-4-13(9)17/h1-8H,9H2;1-4,6-7,16-17H,5H2. The Labute approximate surface area is 217 Å². The average Bonchev–Trinajstić information content (AvgIpc) is 2.82. The molecule has 0 saturated heterocycles. The second-order valence-electron chi connectivity index (χ2n) is 7.04. The van der Waals surface area contributed by atoms with Gasteiger partial charge in [-0.1, -0.05) is 46.4 Å². The van der Waals surface area contributed by atoms with Crippen LogP contribution in [0.25, 0.3) is 0 Å². The molecule has 0 spiro atoms. The van der Waals surface area contributed by atoms with Crippen molar-refractivity contribution < 1.29 is 19.7 Å². The number of hydrogen-bond donors (Lipinski definition) is 2. The molecule has 0 aromatic heterocycles. The van der Waals surface area contributed by atoms with Crippen molar-refractivity contribution in [1.82, 2.24) is 0 Å². The molecule has 176 valence electrons. The molecule has 4 aromatic carbocycles. The molecule has 0 atom stereocenters. The molecule has 0 unspecified atom stereocenters. The Balaban J connectivity index is 0.000000191. The lowest BCUT2D eigenvalue weighted by atomic mass is 10.0. The van der Waals surface area contributed by atoms with E-state index in [-0.39, 0.29) is 18.3 Å². The van der Waals surface area contributed by atoms with E-state index in [0.29, 0.717) is 49.1 Å². The Hall–Kier alpha value is -2.76. The maximum absolute atomic E-state index is 9.68. The number of phenolic OH excluding ortho intramolecular Hbond substituents is 2. The highest BCUT2D eigenvalue weighted by molar-refractivity contribution is 6.31. The minimum atomic E-state index is 0.142. The molecule has 0 aliphatic heterocycles. The van der Waals surface area contributed by atoms with E-state index in [0.717, 1.165) is 0 Å². The molecule has 0 bridgehead atoms. The first-order chi connectivity index (χ1) is 16.3. The van der Waals surface area contributed by atoms with E-state index in [2.05, 4.69) is 0 Å². The smallest absolute Gasteiger partial charge is 0.230 e. The van der Waals surface area contributed by atoms with E-state index >= 15 is 0 Å². The third kappa shape index (κ3) is 8.23. The van der Waals surface area contributed by atoms with E-state index < -0.39 is 0 Å². The van der Waals surface area contributed by atoms with Crippen LogP contribution in [0.1, 0.15) is 11.1 Å². The van der Waals surface area contributed by atoms with Crippen LogP contribution < -0.4 is 9.47 Å². The third-order valence-corrected chi connectivity index (χ3v) is 5.52. The van der Waals surface area contributed by atoms with Crippen molar-refractivity contribution in [2.75, 3.05) is 6.79 Å². The summed E-state index contributed by atoms with van der Waals surface area (Å²) in [5.74, 6) is 1.72. The van der Waals surface area contributed by atoms with Gasteiger partial charge in [-0.2, -0.15) is 0 Å². The van der Waals surface area contributed by atoms with Crippen LogP contribution in [-0.4, -0.2) is 17.0 Å². The summed E-state index contributed by atoms with van der Waals surface area (Å²) >= 11 is 23.2. The van der Waals surface area contributed by atoms with Crippen molar-refractivity contribution in [3.8, 4) is 23.0 Å². The van der Waals surface area contributed by atoms with Gasteiger partial charge in [0.1, 0.15) is 23.0 Å².